The molecule has 0 fully saturated rings. The standard InChI is InChI=1S/C12H18N2O/c1-3-8-14(9-4-2)12(15)11-6-5-7-13-10-11/h5-7,10H,3-4,8-9H2,1-2H3. The lowest BCUT2D eigenvalue weighted by molar-refractivity contribution is 0.0755. The summed E-state index contributed by atoms with van der Waals surface area (Å²) in [5.74, 6) is 0.0896. The molecular formula is C12H18N2O. The van der Waals surface area contributed by atoms with E-state index in [0.717, 1.165) is 25.9 Å². The summed E-state index contributed by atoms with van der Waals surface area (Å²) in [5, 5.41) is 0. The summed E-state index contributed by atoms with van der Waals surface area (Å²) in [5.41, 5.74) is 0.680. The second kappa shape index (κ2) is 6.17. The Morgan fingerprint density at radius 2 is 2.00 bits per heavy atom. The molecule has 0 radical (unpaired) electrons. The van der Waals surface area contributed by atoms with Gasteiger partial charge in [0.25, 0.3) is 5.91 Å². The second-order valence-electron chi connectivity index (χ2n) is 3.53. The molecule has 0 bridgehead atoms. The van der Waals surface area contributed by atoms with E-state index >= 15 is 0 Å². The van der Waals surface area contributed by atoms with E-state index in [1.807, 2.05) is 11.0 Å². The zero-order chi connectivity index (χ0) is 11.1. The first kappa shape index (κ1) is 11.7. The van der Waals surface area contributed by atoms with Crippen molar-refractivity contribution in [3.8, 4) is 0 Å². The van der Waals surface area contributed by atoms with E-state index in [4.69, 9.17) is 0 Å². The van der Waals surface area contributed by atoms with Crippen molar-refractivity contribution in [2.75, 3.05) is 13.1 Å². The third-order valence-electron chi connectivity index (χ3n) is 2.18. The van der Waals surface area contributed by atoms with Crippen molar-refractivity contribution >= 4 is 5.91 Å². The lowest BCUT2D eigenvalue weighted by Crippen LogP contribution is -2.32. The number of rotatable bonds is 5. The van der Waals surface area contributed by atoms with Gasteiger partial charge >= 0.3 is 0 Å². The molecule has 0 aliphatic rings. The Balaban J connectivity index is 2.71. The Kier molecular flexibility index (Phi) is 4.81. The van der Waals surface area contributed by atoms with Gasteiger partial charge in [0.05, 0.1) is 5.56 Å². The van der Waals surface area contributed by atoms with Gasteiger partial charge in [-0.3, -0.25) is 9.78 Å². The Hall–Kier alpha value is -1.38. The van der Waals surface area contributed by atoms with Crippen LogP contribution in [-0.4, -0.2) is 28.9 Å². The molecule has 3 heteroatoms. The monoisotopic (exact) mass is 206 g/mol. The van der Waals surface area contributed by atoms with Crippen molar-refractivity contribution in [3.05, 3.63) is 30.1 Å². The number of hydrogen-bond acceptors (Lipinski definition) is 2. The van der Waals surface area contributed by atoms with Gasteiger partial charge in [0.15, 0.2) is 0 Å². The molecule has 1 heterocycles. The number of pyridine rings is 1. The topological polar surface area (TPSA) is 33.2 Å². The first-order valence-corrected chi connectivity index (χ1v) is 5.48. The fraction of sp³-hybridized carbons (Fsp3) is 0.500. The van der Waals surface area contributed by atoms with Crippen LogP contribution >= 0.6 is 0 Å². The Morgan fingerprint density at radius 1 is 1.33 bits per heavy atom. The third kappa shape index (κ3) is 3.35. The van der Waals surface area contributed by atoms with E-state index < -0.39 is 0 Å². The summed E-state index contributed by atoms with van der Waals surface area (Å²) in [6, 6.07) is 3.61. The first-order valence-electron chi connectivity index (χ1n) is 5.48. The van der Waals surface area contributed by atoms with Crippen LogP contribution in [0.1, 0.15) is 37.0 Å². The van der Waals surface area contributed by atoms with Gasteiger partial charge < -0.3 is 4.90 Å². The quantitative estimate of drug-likeness (QED) is 0.741. The highest BCUT2D eigenvalue weighted by molar-refractivity contribution is 5.93. The van der Waals surface area contributed by atoms with Gasteiger partial charge in [-0.1, -0.05) is 13.8 Å². The molecule has 3 nitrogen and oxygen atoms in total. The normalized spacial score (nSPS) is 10.0. The highest BCUT2D eigenvalue weighted by atomic mass is 16.2. The number of amides is 1. The van der Waals surface area contributed by atoms with Gasteiger partial charge in [0, 0.05) is 25.5 Å². The van der Waals surface area contributed by atoms with Crippen molar-refractivity contribution in [1.82, 2.24) is 9.88 Å². The Bertz CT molecular complexity index is 292. The lowest BCUT2D eigenvalue weighted by Gasteiger charge is -2.21. The summed E-state index contributed by atoms with van der Waals surface area (Å²) >= 11 is 0. The highest BCUT2D eigenvalue weighted by Crippen LogP contribution is 2.04. The molecule has 1 rings (SSSR count). The first-order chi connectivity index (χ1) is 7.29. The molecule has 0 saturated heterocycles. The van der Waals surface area contributed by atoms with E-state index in [2.05, 4.69) is 18.8 Å². The molecule has 15 heavy (non-hydrogen) atoms. The largest absolute Gasteiger partial charge is 0.339 e. The van der Waals surface area contributed by atoms with Gasteiger partial charge in [-0.05, 0) is 25.0 Å². The average Bonchev–Trinajstić information content (AvgIpc) is 2.29. The van der Waals surface area contributed by atoms with Crippen LogP contribution in [0.4, 0.5) is 0 Å². The summed E-state index contributed by atoms with van der Waals surface area (Å²) in [6.45, 7) is 5.81. The van der Waals surface area contributed by atoms with Crippen LogP contribution < -0.4 is 0 Å². The van der Waals surface area contributed by atoms with E-state index in [1.165, 1.54) is 0 Å². The molecule has 1 aromatic rings. The van der Waals surface area contributed by atoms with E-state index in [9.17, 15) is 4.79 Å². The highest BCUT2D eigenvalue weighted by Gasteiger charge is 2.13. The minimum atomic E-state index is 0.0896. The fourth-order valence-electron chi connectivity index (χ4n) is 1.53. The minimum Gasteiger partial charge on any atom is -0.339 e. The molecule has 0 aliphatic carbocycles. The molecule has 0 saturated carbocycles. The molecule has 0 aliphatic heterocycles. The maximum atomic E-state index is 12.0. The number of nitrogens with zero attached hydrogens (tertiary/aromatic N) is 2. The lowest BCUT2D eigenvalue weighted by atomic mass is 10.2. The number of hydrogen-bond donors (Lipinski definition) is 0. The average molecular weight is 206 g/mol. The van der Waals surface area contributed by atoms with Crippen LogP contribution in [0.3, 0.4) is 0 Å². The molecule has 1 amide bonds. The molecule has 0 spiro atoms. The van der Waals surface area contributed by atoms with E-state index in [0.29, 0.717) is 5.56 Å². The SMILES string of the molecule is CCCN(CCC)C(=O)c1cccnc1. The molecule has 0 atom stereocenters. The zero-order valence-electron chi connectivity index (χ0n) is 9.44. The molecule has 0 unspecified atom stereocenters. The van der Waals surface area contributed by atoms with Gasteiger partial charge in [0.2, 0.25) is 0 Å². The second-order valence-corrected chi connectivity index (χ2v) is 3.53. The molecule has 0 N–H and O–H groups in total. The van der Waals surface area contributed by atoms with Crippen molar-refractivity contribution in [2.24, 2.45) is 0 Å². The van der Waals surface area contributed by atoms with Crippen LogP contribution in [0.5, 0.6) is 0 Å². The van der Waals surface area contributed by atoms with Gasteiger partial charge in [-0.15, -0.1) is 0 Å². The summed E-state index contributed by atoms with van der Waals surface area (Å²) < 4.78 is 0. The van der Waals surface area contributed by atoms with E-state index in [-0.39, 0.29) is 5.91 Å². The smallest absolute Gasteiger partial charge is 0.255 e. The van der Waals surface area contributed by atoms with Gasteiger partial charge in [-0.25, -0.2) is 0 Å². The number of carbonyl (C=O) groups is 1. The Morgan fingerprint density at radius 3 is 2.47 bits per heavy atom. The van der Waals surface area contributed by atoms with Crippen LogP contribution in [0.15, 0.2) is 24.5 Å². The zero-order valence-corrected chi connectivity index (χ0v) is 9.44. The molecular weight excluding hydrogens is 188 g/mol. The van der Waals surface area contributed by atoms with Crippen molar-refractivity contribution in [3.63, 3.8) is 0 Å². The van der Waals surface area contributed by atoms with Crippen LogP contribution in [0.25, 0.3) is 0 Å². The maximum absolute atomic E-state index is 12.0. The molecule has 82 valence electrons. The minimum absolute atomic E-state index is 0.0896. The van der Waals surface area contributed by atoms with Crippen LogP contribution in [0.2, 0.25) is 0 Å². The van der Waals surface area contributed by atoms with Crippen LogP contribution in [0, 0.1) is 0 Å². The summed E-state index contributed by atoms with van der Waals surface area (Å²) in [7, 11) is 0. The predicted molar refractivity (Wildman–Crippen MR) is 60.7 cm³/mol. The third-order valence-corrected chi connectivity index (χ3v) is 2.18. The van der Waals surface area contributed by atoms with Gasteiger partial charge in [0.1, 0.15) is 0 Å². The van der Waals surface area contributed by atoms with Gasteiger partial charge in [-0.2, -0.15) is 0 Å². The number of aromatic nitrogens is 1. The Labute approximate surface area is 91.1 Å². The molecule has 1 aromatic heterocycles. The summed E-state index contributed by atoms with van der Waals surface area (Å²) in [4.78, 5) is 17.9. The van der Waals surface area contributed by atoms with Crippen molar-refractivity contribution < 1.29 is 4.79 Å². The molecule has 0 aromatic carbocycles. The number of carbonyl (C=O) groups excluding carboxylic acids is 1. The van der Waals surface area contributed by atoms with E-state index in [1.54, 1.807) is 18.5 Å². The fourth-order valence-corrected chi connectivity index (χ4v) is 1.53. The maximum Gasteiger partial charge on any atom is 0.255 e. The summed E-state index contributed by atoms with van der Waals surface area (Å²) in [6.07, 6.45) is 5.29. The van der Waals surface area contributed by atoms with Crippen molar-refractivity contribution in [2.45, 2.75) is 26.7 Å². The van der Waals surface area contributed by atoms with Crippen molar-refractivity contribution in [1.29, 1.82) is 0 Å². The van der Waals surface area contributed by atoms with Crippen LogP contribution in [-0.2, 0) is 0 Å². The predicted octanol–water partition coefficient (Wildman–Crippen LogP) is 2.34.